The predicted octanol–water partition coefficient (Wildman–Crippen LogP) is 4.30. The Bertz CT molecular complexity index is 1110. The number of allylic oxidation sites excluding steroid dienone is 1. The van der Waals surface area contributed by atoms with Gasteiger partial charge in [-0.25, -0.2) is 0 Å². The van der Waals surface area contributed by atoms with E-state index in [-0.39, 0.29) is 23.6 Å². The van der Waals surface area contributed by atoms with Gasteiger partial charge in [-0.05, 0) is 56.2 Å². The van der Waals surface area contributed by atoms with Crippen LogP contribution in [0.2, 0.25) is 0 Å². The summed E-state index contributed by atoms with van der Waals surface area (Å²) >= 11 is 1.29. The zero-order valence-electron chi connectivity index (χ0n) is 18.5. The Labute approximate surface area is 192 Å². The molecule has 0 fully saturated rings. The Morgan fingerprint density at radius 3 is 2.56 bits per heavy atom. The topological polar surface area (TPSA) is 88.9 Å². The van der Waals surface area contributed by atoms with Gasteiger partial charge in [0.25, 0.3) is 5.91 Å². The number of nitrogens with zero attached hydrogens (tertiary/aromatic N) is 3. The lowest BCUT2D eigenvalue weighted by Gasteiger charge is -2.15. The normalized spacial score (nSPS) is 11.6. The minimum absolute atomic E-state index is 0.126. The van der Waals surface area contributed by atoms with Gasteiger partial charge in [0.2, 0.25) is 5.91 Å². The molecule has 0 bridgehead atoms. The van der Waals surface area contributed by atoms with Crippen molar-refractivity contribution in [1.82, 2.24) is 20.1 Å². The molecule has 8 heteroatoms. The van der Waals surface area contributed by atoms with Crippen LogP contribution in [0.25, 0.3) is 0 Å². The number of amides is 2. The van der Waals surface area contributed by atoms with Gasteiger partial charge >= 0.3 is 0 Å². The van der Waals surface area contributed by atoms with Gasteiger partial charge in [-0.3, -0.25) is 9.59 Å². The van der Waals surface area contributed by atoms with Crippen LogP contribution >= 0.6 is 11.8 Å². The molecule has 0 aliphatic heterocycles. The number of rotatable bonds is 9. The molecular weight excluding hydrogens is 422 g/mol. The smallest absolute Gasteiger partial charge is 0.251 e. The van der Waals surface area contributed by atoms with Crippen molar-refractivity contribution in [2.24, 2.45) is 0 Å². The number of anilines is 1. The van der Waals surface area contributed by atoms with Gasteiger partial charge in [0.15, 0.2) is 11.0 Å². The average Bonchev–Trinajstić information content (AvgIpc) is 3.18. The SMILES string of the molecule is C=CCn1c(SCC(=O)Nc2ccc(C)c(C)c2)nnc1[C@@H](C)NC(=O)c1ccccc1. The number of benzene rings is 2. The highest BCUT2D eigenvalue weighted by Gasteiger charge is 2.20. The quantitative estimate of drug-likeness (QED) is 0.376. The molecule has 0 saturated heterocycles. The number of carbonyl (C=O) groups is 2. The first-order valence-corrected chi connectivity index (χ1v) is 11.3. The van der Waals surface area contributed by atoms with Gasteiger partial charge in [0.1, 0.15) is 0 Å². The molecule has 3 rings (SSSR count). The molecule has 32 heavy (non-hydrogen) atoms. The summed E-state index contributed by atoms with van der Waals surface area (Å²) in [5.41, 5.74) is 3.64. The third-order valence-corrected chi connectivity index (χ3v) is 5.92. The molecule has 7 nitrogen and oxygen atoms in total. The maximum absolute atomic E-state index is 12.5. The summed E-state index contributed by atoms with van der Waals surface area (Å²) in [7, 11) is 0. The lowest BCUT2D eigenvalue weighted by atomic mass is 10.1. The van der Waals surface area contributed by atoms with Crippen LogP contribution in [0.5, 0.6) is 0 Å². The molecule has 1 aromatic heterocycles. The molecule has 1 atom stereocenters. The van der Waals surface area contributed by atoms with E-state index in [0.29, 0.717) is 23.1 Å². The number of hydrogen-bond acceptors (Lipinski definition) is 5. The highest BCUT2D eigenvalue weighted by Crippen LogP contribution is 2.22. The highest BCUT2D eigenvalue weighted by atomic mass is 32.2. The van der Waals surface area contributed by atoms with Crippen molar-refractivity contribution in [2.75, 3.05) is 11.1 Å². The molecule has 3 aromatic rings. The van der Waals surface area contributed by atoms with Crippen molar-refractivity contribution in [2.45, 2.75) is 38.5 Å². The Hall–Kier alpha value is -3.39. The van der Waals surface area contributed by atoms with E-state index in [1.807, 2.05) is 61.7 Å². The second kappa shape index (κ2) is 10.8. The number of thioether (sulfide) groups is 1. The molecule has 0 aliphatic carbocycles. The van der Waals surface area contributed by atoms with Crippen LogP contribution in [0.4, 0.5) is 5.69 Å². The first-order chi connectivity index (χ1) is 15.4. The Kier molecular flexibility index (Phi) is 7.83. The molecule has 0 spiro atoms. The average molecular weight is 450 g/mol. The van der Waals surface area contributed by atoms with Crippen LogP contribution < -0.4 is 10.6 Å². The second-order valence-corrected chi connectivity index (χ2v) is 8.38. The molecule has 166 valence electrons. The number of aromatic nitrogens is 3. The zero-order chi connectivity index (χ0) is 23.1. The molecule has 2 N–H and O–H groups in total. The standard InChI is InChI=1S/C24H27N5O2S/c1-5-13-29-22(18(4)25-23(31)19-9-7-6-8-10-19)27-28-24(29)32-15-21(30)26-20-12-11-16(2)17(3)14-20/h5-12,14,18H,1,13,15H2,2-4H3,(H,25,31)(H,26,30)/t18-/m1/s1. The van der Waals surface area contributed by atoms with Crippen LogP contribution in [0, 0.1) is 13.8 Å². The van der Waals surface area contributed by atoms with Gasteiger partial charge in [-0.15, -0.1) is 16.8 Å². The third-order valence-electron chi connectivity index (χ3n) is 4.95. The second-order valence-electron chi connectivity index (χ2n) is 7.44. The summed E-state index contributed by atoms with van der Waals surface area (Å²) in [6.07, 6.45) is 1.73. The van der Waals surface area contributed by atoms with Crippen molar-refractivity contribution in [3.8, 4) is 0 Å². The van der Waals surface area contributed by atoms with Gasteiger partial charge in [0.05, 0.1) is 11.8 Å². The van der Waals surface area contributed by atoms with E-state index in [0.717, 1.165) is 11.3 Å². The largest absolute Gasteiger partial charge is 0.342 e. The minimum atomic E-state index is -0.367. The molecule has 0 unspecified atom stereocenters. The van der Waals surface area contributed by atoms with Crippen LogP contribution in [0.3, 0.4) is 0 Å². The maximum Gasteiger partial charge on any atom is 0.251 e. The summed E-state index contributed by atoms with van der Waals surface area (Å²) in [5, 5.41) is 15.0. The first-order valence-electron chi connectivity index (χ1n) is 10.3. The van der Waals surface area contributed by atoms with Crippen LogP contribution in [0.15, 0.2) is 66.3 Å². The lowest BCUT2D eigenvalue weighted by molar-refractivity contribution is -0.113. The fourth-order valence-electron chi connectivity index (χ4n) is 3.11. The lowest BCUT2D eigenvalue weighted by Crippen LogP contribution is -2.28. The van der Waals surface area contributed by atoms with E-state index < -0.39 is 0 Å². The van der Waals surface area contributed by atoms with Crippen molar-refractivity contribution >= 4 is 29.3 Å². The van der Waals surface area contributed by atoms with Gasteiger partial charge < -0.3 is 15.2 Å². The first kappa shape index (κ1) is 23.3. The summed E-state index contributed by atoms with van der Waals surface area (Å²) in [4.78, 5) is 24.9. The predicted molar refractivity (Wildman–Crippen MR) is 128 cm³/mol. The molecule has 0 saturated carbocycles. The van der Waals surface area contributed by atoms with Gasteiger partial charge in [0, 0.05) is 17.8 Å². The van der Waals surface area contributed by atoms with Crippen molar-refractivity contribution in [3.63, 3.8) is 0 Å². The third kappa shape index (κ3) is 5.85. The van der Waals surface area contributed by atoms with Crippen molar-refractivity contribution < 1.29 is 9.59 Å². The van der Waals surface area contributed by atoms with Crippen LogP contribution in [0.1, 0.15) is 40.3 Å². The molecule has 0 aliphatic rings. The maximum atomic E-state index is 12.5. The number of nitrogens with one attached hydrogen (secondary N) is 2. The Balaban J connectivity index is 1.65. The Morgan fingerprint density at radius 2 is 1.88 bits per heavy atom. The fourth-order valence-corrected chi connectivity index (χ4v) is 3.86. The highest BCUT2D eigenvalue weighted by molar-refractivity contribution is 7.99. The van der Waals surface area contributed by atoms with Crippen LogP contribution in [-0.4, -0.2) is 32.3 Å². The molecular formula is C24H27N5O2S. The van der Waals surface area contributed by atoms with Gasteiger partial charge in [-0.2, -0.15) is 0 Å². The Morgan fingerprint density at radius 1 is 1.12 bits per heavy atom. The van der Waals surface area contributed by atoms with Gasteiger partial charge in [-0.1, -0.05) is 42.1 Å². The van der Waals surface area contributed by atoms with Crippen molar-refractivity contribution in [1.29, 1.82) is 0 Å². The number of hydrogen-bond donors (Lipinski definition) is 2. The summed E-state index contributed by atoms with van der Waals surface area (Å²) in [5.74, 6) is 0.477. The van der Waals surface area contributed by atoms with Crippen molar-refractivity contribution in [3.05, 3.63) is 83.7 Å². The minimum Gasteiger partial charge on any atom is -0.342 e. The molecule has 2 aromatic carbocycles. The van der Waals surface area contributed by atoms with E-state index in [9.17, 15) is 9.59 Å². The number of carbonyl (C=O) groups excluding carboxylic acids is 2. The molecule has 1 heterocycles. The van der Waals surface area contributed by atoms with E-state index >= 15 is 0 Å². The summed E-state index contributed by atoms with van der Waals surface area (Å²) < 4.78 is 1.86. The summed E-state index contributed by atoms with van der Waals surface area (Å²) in [6.45, 7) is 10.2. The van der Waals surface area contributed by atoms with E-state index in [1.54, 1.807) is 18.2 Å². The fraction of sp³-hybridized carbons (Fsp3) is 0.250. The molecule has 2 amide bonds. The summed E-state index contributed by atoms with van der Waals surface area (Å²) in [6, 6.07) is 14.5. The van der Waals surface area contributed by atoms with E-state index in [2.05, 4.69) is 27.4 Å². The molecule has 0 radical (unpaired) electrons. The monoisotopic (exact) mass is 449 g/mol. The zero-order valence-corrected chi connectivity index (χ0v) is 19.3. The van der Waals surface area contributed by atoms with Crippen LogP contribution in [-0.2, 0) is 11.3 Å². The van der Waals surface area contributed by atoms with E-state index in [4.69, 9.17) is 0 Å². The van der Waals surface area contributed by atoms with E-state index in [1.165, 1.54) is 17.3 Å². The number of aryl methyl sites for hydroxylation is 2.